The van der Waals surface area contributed by atoms with Crippen molar-refractivity contribution >= 4 is 20.6 Å². The van der Waals surface area contributed by atoms with Gasteiger partial charge in [-0.05, 0) is 16.8 Å². The van der Waals surface area contributed by atoms with Crippen molar-refractivity contribution in [3.63, 3.8) is 0 Å². The molecule has 1 fully saturated rings. The van der Waals surface area contributed by atoms with Crippen LogP contribution in [0.3, 0.4) is 0 Å². The van der Waals surface area contributed by atoms with Gasteiger partial charge in [-0.25, -0.2) is 8.42 Å². The van der Waals surface area contributed by atoms with Crippen LogP contribution in [-0.2, 0) is 16.4 Å². The van der Waals surface area contributed by atoms with Crippen LogP contribution in [-0.4, -0.2) is 43.0 Å². The Morgan fingerprint density at radius 3 is 2.50 bits per heavy atom. The minimum absolute atomic E-state index is 0.207. The van der Waals surface area contributed by atoms with Crippen molar-refractivity contribution in [3.8, 4) is 5.75 Å². The molecule has 1 N–H and O–H groups in total. The molecular formula is C15H17NO3S. The van der Waals surface area contributed by atoms with Gasteiger partial charge in [0.25, 0.3) is 0 Å². The Morgan fingerprint density at radius 1 is 1.05 bits per heavy atom. The summed E-state index contributed by atoms with van der Waals surface area (Å²) in [6.45, 7) is 1.65. The molecule has 0 radical (unpaired) electrons. The molecule has 0 aliphatic carbocycles. The number of hydrogen-bond acceptors (Lipinski definition) is 4. The summed E-state index contributed by atoms with van der Waals surface area (Å²) < 4.78 is 22.9. The Balaban J connectivity index is 1.89. The summed E-state index contributed by atoms with van der Waals surface area (Å²) >= 11 is 0. The smallest absolute Gasteiger partial charge is 0.152 e. The number of rotatable bonds is 2. The Morgan fingerprint density at radius 2 is 1.75 bits per heavy atom. The van der Waals surface area contributed by atoms with Crippen LogP contribution in [0.1, 0.15) is 5.56 Å². The van der Waals surface area contributed by atoms with E-state index in [-0.39, 0.29) is 17.3 Å². The van der Waals surface area contributed by atoms with Gasteiger partial charge in [0.05, 0.1) is 11.5 Å². The van der Waals surface area contributed by atoms with Gasteiger partial charge in [-0.15, -0.1) is 0 Å². The van der Waals surface area contributed by atoms with E-state index in [9.17, 15) is 13.5 Å². The topological polar surface area (TPSA) is 57.6 Å². The van der Waals surface area contributed by atoms with E-state index in [1.54, 1.807) is 6.07 Å². The summed E-state index contributed by atoms with van der Waals surface area (Å²) in [7, 11) is -2.86. The van der Waals surface area contributed by atoms with Gasteiger partial charge in [0.2, 0.25) is 0 Å². The molecule has 0 atom stereocenters. The van der Waals surface area contributed by atoms with Crippen molar-refractivity contribution in [3.05, 3.63) is 42.0 Å². The van der Waals surface area contributed by atoms with E-state index in [0.717, 1.165) is 16.3 Å². The van der Waals surface area contributed by atoms with Gasteiger partial charge in [0.1, 0.15) is 5.75 Å². The first-order valence-corrected chi connectivity index (χ1v) is 8.50. The number of phenolic OH excluding ortho intramolecular Hbond substituents is 1. The molecule has 0 aromatic heterocycles. The molecular weight excluding hydrogens is 274 g/mol. The minimum atomic E-state index is -2.86. The first-order chi connectivity index (χ1) is 9.55. The van der Waals surface area contributed by atoms with Crippen molar-refractivity contribution in [2.45, 2.75) is 6.54 Å². The van der Waals surface area contributed by atoms with E-state index in [2.05, 4.69) is 4.90 Å². The first-order valence-electron chi connectivity index (χ1n) is 6.67. The fraction of sp³-hybridized carbons (Fsp3) is 0.333. The van der Waals surface area contributed by atoms with E-state index in [4.69, 9.17) is 0 Å². The standard InChI is InChI=1S/C15H17NO3S/c17-15-6-5-12-3-1-2-4-13(12)14(15)11-16-7-9-20(18,19)10-8-16/h1-6,17H,7-11H2. The summed E-state index contributed by atoms with van der Waals surface area (Å²) in [5.74, 6) is 0.689. The summed E-state index contributed by atoms with van der Waals surface area (Å²) in [5, 5.41) is 12.2. The molecule has 1 aliphatic rings. The van der Waals surface area contributed by atoms with Gasteiger partial charge in [0, 0.05) is 25.2 Å². The third-order valence-corrected chi connectivity index (χ3v) is 5.44. The van der Waals surface area contributed by atoms with Crippen LogP contribution in [0.4, 0.5) is 0 Å². The highest BCUT2D eigenvalue weighted by Crippen LogP contribution is 2.28. The average molecular weight is 291 g/mol. The Hall–Kier alpha value is -1.59. The molecule has 1 saturated heterocycles. The van der Waals surface area contributed by atoms with E-state index >= 15 is 0 Å². The van der Waals surface area contributed by atoms with Crippen LogP contribution in [0.15, 0.2) is 36.4 Å². The molecule has 0 unspecified atom stereocenters. The predicted octanol–water partition coefficient (Wildman–Crippen LogP) is 1.78. The normalized spacial score (nSPS) is 19.2. The lowest BCUT2D eigenvalue weighted by atomic mass is 10.0. The van der Waals surface area contributed by atoms with Crippen LogP contribution >= 0.6 is 0 Å². The van der Waals surface area contributed by atoms with E-state index in [0.29, 0.717) is 19.6 Å². The van der Waals surface area contributed by atoms with Crippen molar-refractivity contribution in [2.24, 2.45) is 0 Å². The third-order valence-electron chi connectivity index (χ3n) is 3.83. The van der Waals surface area contributed by atoms with E-state index < -0.39 is 9.84 Å². The monoisotopic (exact) mass is 291 g/mol. The fourth-order valence-electron chi connectivity index (χ4n) is 2.62. The largest absolute Gasteiger partial charge is 0.508 e. The lowest BCUT2D eigenvalue weighted by Crippen LogP contribution is -2.39. The maximum absolute atomic E-state index is 11.5. The number of aromatic hydroxyl groups is 1. The second kappa shape index (κ2) is 5.07. The molecule has 1 heterocycles. The molecule has 106 valence electrons. The molecule has 20 heavy (non-hydrogen) atoms. The Bertz CT molecular complexity index is 726. The summed E-state index contributed by atoms with van der Waals surface area (Å²) in [6, 6.07) is 11.5. The van der Waals surface area contributed by atoms with Crippen molar-refractivity contribution in [2.75, 3.05) is 24.6 Å². The molecule has 1 aliphatic heterocycles. The molecule has 3 rings (SSSR count). The van der Waals surface area contributed by atoms with Gasteiger partial charge in [-0.2, -0.15) is 0 Å². The molecule has 0 bridgehead atoms. The number of hydrogen-bond donors (Lipinski definition) is 1. The maximum atomic E-state index is 11.5. The average Bonchev–Trinajstić information content (AvgIpc) is 2.44. The van der Waals surface area contributed by atoms with Crippen LogP contribution < -0.4 is 0 Å². The molecule has 2 aromatic carbocycles. The van der Waals surface area contributed by atoms with E-state index in [1.165, 1.54) is 0 Å². The minimum Gasteiger partial charge on any atom is -0.508 e. The van der Waals surface area contributed by atoms with Crippen LogP contribution in [0.25, 0.3) is 10.8 Å². The lowest BCUT2D eigenvalue weighted by molar-refractivity contribution is 0.284. The lowest BCUT2D eigenvalue weighted by Gasteiger charge is -2.27. The molecule has 5 heteroatoms. The number of benzene rings is 2. The SMILES string of the molecule is O=S1(=O)CCN(Cc2c(O)ccc3ccccc23)CC1. The van der Waals surface area contributed by atoms with Crippen LogP contribution in [0.5, 0.6) is 5.75 Å². The number of sulfone groups is 1. The zero-order valence-electron chi connectivity index (χ0n) is 11.1. The van der Waals surface area contributed by atoms with Crippen molar-refractivity contribution < 1.29 is 13.5 Å². The maximum Gasteiger partial charge on any atom is 0.152 e. The second-order valence-electron chi connectivity index (χ2n) is 5.21. The van der Waals surface area contributed by atoms with E-state index in [1.807, 2.05) is 30.3 Å². The zero-order chi connectivity index (χ0) is 14.2. The summed E-state index contributed by atoms with van der Waals surface area (Å²) in [5.41, 5.74) is 0.877. The van der Waals surface area contributed by atoms with Gasteiger partial charge in [-0.3, -0.25) is 4.90 Å². The number of nitrogens with zero attached hydrogens (tertiary/aromatic N) is 1. The first kappa shape index (κ1) is 13.4. The van der Waals surface area contributed by atoms with Crippen LogP contribution in [0.2, 0.25) is 0 Å². The predicted molar refractivity (Wildman–Crippen MR) is 79.5 cm³/mol. The highest BCUT2D eigenvalue weighted by atomic mass is 32.2. The Kier molecular flexibility index (Phi) is 3.40. The highest BCUT2D eigenvalue weighted by Gasteiger charge is 2.22. The van der Waals surface area contributed by atoms with Gasteiger partial charge in [-0.1, -0.05) is 30.3 Å². The summed E-state index contributed by atoms with van der Waals surface area (Å²) in [6.07, 6.45) is 0. The second-order valence-corrected chi connectivity index (χ2v) is 7.52. The zero-order valence-corrected chi connectivity index (χ0v) is 11.9. The van der Waals surface area contributed by atoms with Gasteiger partial charge in [0.15, 0.2) is 9.84 Å². The molecule has 4 nitrogen and oxygen atoms in total. The number of phenols is 1. The van der Waals surface area contributed by atoms with Crippen molar-refractivity contribution in [1.29, 1.82) is 0 Å². The van der Waals surface area contributed by atoms with Crippen molar-refractivity contribution in [1.82, 2.24) is 4.90 Å². The highest BCUT2D eigenvalue weighted by molar-refractivity contribution is 7.91. The molecule has 0 saturated carbocycles. The fourth-order valence-corrected chi connectivity index (χ4v) is 3.90. The van der Waals surface area contributed by atoms with Gasteiger partial charge < -0.3 is 5.11 Å². The third kappa shape index (κ3) is 2.64. The molecule has 2 aromatic rings. The number of fused-ring (bicyclic) bond motifs is 1. The quantitative estimate of drug-likeness (QED) is 0.916. The summed E-state index contributed by atoms with van der Waals surface area (Å²) in [4.78, 5) is 2.09. The molecule has 0 amide bonds. The Labute approximate surface area is 118 Å². The molecule has 0 spiro atoms. The van der Waals surface area contributed by atoms with Crippen LogP contribution in [0, 0.1) is 0 Å². The van der Waals surface area contributed by atoms with Gasteiger partial charge >= 0.3 is 0 Å².